The van der Waals surface area contributed by atoms with Gasteiger partial charge in [-0.3, -0.25) is 14.9 Å². The van der Waals surface area contributed by atoms with Gasteiger partial charge in [0.1, 0.15) is 18.2 Å². The maximum absolute atomic E-state index is 13.3. The number of ether oxygens (including phenoxy) is 1. The molecule has 2 aromatic carbocycles. The number of nitrogens with one attached hydrogen (secondary N) is 3. The number of alkyl carbamates (subject to hydrolysis) is 1. The van der Waals surface area contributed by atoms with Crippen LogP contribution in [0.1, 0.15) is 17.5 Å². The standard InChI is InChI=1S/C23H24N4O5/c28-19(27-12-11-23(15-27)20(29)25-21(30)26-23)18(13-16-7-3-1-4-8-16)24-22(31)32-14-17-9-5-2-6-10-17/h1-10,18H,11-15H2,(H,24,31)(H2,25,26,29,30)/t18-,23-/m0/s1. The molecule has 9 heteroatoms. The van der Waals surface area contributed by atoms with E-state index in [9.17, 15) is 19.2 Å². The summed E-state index contributed by atoms with van der Waals surface area (Å²) in [6, 6.07) is 17.1. The van der Waals surface area contributed by atoms with Crippen molar-refractivity contribution in [1.82, 2.24) is 20.9 Å². The summed E-state index contributed by atoms with van der Waals surface area (Å²) in [7, 11) is 0. The fourth-order valence-corrected chi connectivity index (χ4v) is 3.99. The number of likely N-dealkylation sites (tertiary alicyclic amines) is 1. The van der Waals surface area contributed by atoms with Crippen molar-refractivity contribution in [3.63, 3.8) is 0 Å². The van der Waals surface area contributed by atoms with E-state index in [0.29, 0.717) is 13.0 Å². The van der Waals surface area contributed by atoms with Crippen LogP contribution in [-0.2, 0) is 27.4 Å². The summed E-state index contributed by atoms with van der Waals surface area (Å²) in [6.45, 7) is 0.423. The van der Waals surface area contributed by atoms with Crippen LogP contribution in [0.2, 0.25) is 0 Å². The molecular formula is C23H24N4O5. The van der Waals surface area contributed by atoms with Gasteiger partial charge >= 0.3 is 12.1 Å². The number of amides is 5. The lowest BCUT2D eigenvalue weighted by Crippen LogP contribution is -2.53. The Hall–Kier alpha value is -3.88. The Labute approximate surface area is 185 Å². The van der Waals surface area contributed by atoms with E-state index in [1.807, 2.05) is 60.7 Å². The number of hydrogen-bond acceptors (Lipinski definition) is 5. The molecule has 0 aliphatic carbocycles. The number of benzene rings is 2. The molecule has 5 amide bonds. The first-order chi connectivity index (χ1) is 15.4. The van der Waals surface area contributed by atoms with Crippen molar-refractivity contribution in [3.05, 3.63) is 71.8 Å². The summed E-state index contributed by atoms with van der Waals surface area (Å²) in [4.78, 5) is 51.0. The molecule has 0 saturated carbocycles. The molecule has 32 heavy (non-hydrogen) atoms. The van der Waals surface area contributed by atoms with E-state index in [1.165, 1.54) is 4.90 Å². The molecule has 4 rings (SSSR count). The van der Waals surface area contributed by atoms with Gasteiger partial charge in [-0.25, -0.2) is 9.59 Å². The molecule has 0 radical (unpaired) electrons. The molecule has 9 nitrogen and oxygen atoms in total. The minimum absolute atomic E-state index is 0.0510. The minimum Gasteiger partial charge on any atom is -0.445 e. The smallest absolute Gasteiger partial charge is 0.408 e. The van der Waals surface area contributed by atoms with Crippen molar-refractivity contribution in [1.29, 1.82) is 0 Å². The largest absolute Gasteiger partial charge is 0.445 e. The van der Waals surface area contributed by atoms with E-state index in [1.54, 1.807) is 0 Å². The summed E-state index contributed by atoms with van der Waals surface area (Å²) < 4.78 is 5.29. The lowest BCUT2D eigenvalue weighted by Gasteiger charge is -2.26. The molecule has 166 valence electrons. The number of carbonyl (C=O) groups excluding carboxylic acids is 4. The second kappa shape index (κ2) is 9.09. The van der Waals surface area contributed by atoms with Gasteiger partial charge in [0, 0.05) is 13.0 Å². The average Bonchev–Trinajstić information content (AvgIpc) is 3.35. The zero-order valence-corrected chi connectivity index (χ0v) is 17.4. The van der Waals surface area contributed by atoms with E-state index < -0.39 is 29.6 Å². The SMILES string of the molecule is O=C1NC(=O)[C@@]2(CCN(C(=O)[C@H](Cc3ccccc3)NC(=O)OCc3ccccc3)C2)N1. The van der Waals surface area contributed by atoms with Gasteiger partial charge in [-0.05, 0) is 17.5 Å². The summed E-state index contributed by atoms with van der Waals surface area (Å²) in [5.74, 6) is -0.774. The van der Waals surface area contributed by atoms with E-state index >= 15 is 0 Å². The van der Waals surface area contributed by atoms with Crippen LogP contribution in [0.3, 0.4) is 0 Å². The molecule has 0 bridgehead atoms. The van der Waals surface area contributed by atoms with Crippen molar-refractivity contribution in [2.45, 2.75) is 31.0 Å². The van der Waals surface area contributed by atoms with Crippen LogP contribution < -0.4 is 16.0 Å². The number of urea groups is 1. The summed E-state index contributed by atoms with van der Waals surface area (Å²) in [6.07, 6.45) is -0.126. The Kier molecular flexibility index (Phi) is 6.07. The third-order valence-electron chi connectivity index (χ3n) is 5.68. The van der Waals surface area contributed by atoms with Gasteiger partial charge in [-0.1, -0.05) is 60.7 Å². The van der Waals surface area contributed by atoms with E-state index in [2.05, 4.69) is 16.0 Å². The first kappa shape index (κ1) is 21.4. The van der Waals surface area contributed by atoms with Crippen molar-refractivity contribution in [2.24, 2.45) is 0 Å². The zero-order chi connectivity index (χ0) is 22.6. The van der Waals surface area contributed by atoms with Crippen molar-refractivity contribution < 1.29 is 23.9 Å². The maximum Gasteiger partial charge on any atom is 0.408 e. The molecule has 2 heterocycles. The monoisotopic (exact) mass is 436 g/mol. The molecule has 2 saturated heterocycles. The number of rotatable bonds is 6. The first-order valence-corrected chi connectivity index (χ1v) is 10.4. The number of carbonyl (C=O) groups is 4. The highest BCUT2D eigenvalue weighted by atomic mass is 16.5. The van der Waals surface area contributed by atoms with Crippen molar-refractivity contribution in [3.8, 4) is 0 Å². The topological polar surface area (TPSA) is 117 Å². The van der Waals surface area contributed by atoms with Crippen LogP contribution in [-0.4, -0.2) is 53.5 Å². The van der Waals surface area contributed by atoms with Crippen LogP contribution >= 0.6 is 0 Å². The highest BCUT2D eigenvalue weighted by Crippen LogP contribution is 2.25. The summed E-state index contributed by atoms with van der Waals surface area (Å²) in [5, 5.41) is 7.52. The molecule has 0 aromatic heterocycles. The van der Waals surface area contributed by atoms with Crippen LogP contribution in [0, 0.1) is 0 Å². The van der Waals surface area contributed by atoms with E-state index in [0.717, 1.165) is 11.1 Å². The normalized spacial score (nSPS) is 20.6. The number of nitrogens with zero attached hydrogens (tertiary/aromatic N) is 1. The van der Waals surface area contributed by atoms with Crippen LogP contribution in [0.5, 0.6) is 0 Å². The molecule has 3 N–H and O–H groups in total. The zero-order valence-electron chi connectivity index (χ0n) is 17.4. The molecule has 2 aliphatic heterocycles. The van der Waals surface area contributed by atoms with Gasteiger partial charge in [0.15, 0.2) is 0 Å². The molecule has 1 spiro atoms. The quantitative estimate of drug-likeness (QED) is 0.591. The first-order valence-electron chi connectivity index (χ1n) is 10.4. The molecule has 2 aromatic rings. The fraction of sp³-hybridized carbons (Fsp3) is 0.304. The van der Waals surface area contributed by atoms with Gasteiger partial charge in [0.25, 0.3) is 5.91 Å². The Morgan fingerprint density at radius 3 is 2.31 bits per heavy atom. The lowest BCUT2D eigenvalue weighted by molar-refractivity contribution is -0.132. The minimum atomic E-state index is -1.11. The second-order valence-corrected chi connectivity index (χ2v) is 7.95. The van der Waals surface area contributed by atoms with Gasteiger partial charge in [-0.2, -0.15) is 0 Å². The van der Waals surface area contributed by atoms with Crippen LogP contribution in [0.15, 0.2) is 60.7 Å². The Balaban J connectivity index is 1.44. The Morgan fingerprint density at radius 2 is 1.69 bits per heavy atom. The van der Waals surface area contributed by atoms with Crippen LogP contribution in [0.4, 0.5) is 9.59 Å². The van der Waals surface area contributed by atoms with E-state index in [-0.39, 0.29) is 25.5 Å². The second-order valence-electron chi connectivity index (χ2n) is 7.95. The van der Waals surface area contributed by atoms with Gasteiger partial charge < -0.3 is 20.3 Å². The lowest BCUT2D eigenvalue weighted by atomic mass is 9.99. The van der Waals surface area contributed by atoms with Crippen molar-refractivity contribution in [2.75, 3.05) is 13.1 Å². The number of imide groups is 1. The third-order valence-corrected chi connectivity index (χ3v) is 5.68. The molecule has 2 aliphatic rings. The average molecular weight is 436 g/mol. The predicted molar refractivity (Wildman–Crippen MR) is 114 cm³/mol. The van der Waals surface area contributed by atoms with Gasteiger partial charge in [-0.15, -0.1) is 0 Å². The van der Waals surface area contributed by atoms with E-state index in [4.69, 9.17) is 4.74 Å². The fourth-order valence-electron chi connectivity index (χ4n) is 3.99. The molecule has 2 fully saturated rings. The summed E-state index contributed by atoms with van der Waals surface area (Å²) >= 11 is 0. The highest BCUT2D eigenvalue weighted by molar-refractivity contribution is 6.07. The molecular weight excluding hydrogens is 412 g/mol. The van der Waals surface area contributed by atoms with Crippen molar-refractivity contribution >= 4 is 23.9 Å². The Bertz CT molecular complexity index is 1010. The van der Waals surface area contributed by atoms with Gasteiger partial charge in [0.05, 0.1) is 6.54 Å². The Morgan fingerprint density at radius 1 is 1.03 bits per heavy atom. The highest BCUT2D eigenvalue weighted by Gasteiger charge is 2.52. The third kappa shape index (κ3) is 4.72. The molecule has 0 unspecified atom stereocenters. The maximum atomic E-state index is 13.3. The molecule has 2 atom stereocenters. The van der Waals surface area contributed by atoms with Gasteiger partial charge in [0.2, 0.25) is 5.91 Å². The predicted octanol–water partition coefficient (Wildman–Crippen LogP) is 1.33. The van der Waals surface area contributed by atoms with Crippen LogP contribution in [0.25, 0.3) is 0 Å². The summed E-state index contributed by atoms with van der Waals surface area (Å²) in [5.41, 5.74) is 0.589. The number of hydrogen-bond donors (Lipinski definition) is 3.